The number of aromatic nitrogens is 4. The third kappa shape index (κ3) is 3.84. The molecular weight excluding hydrogens is 384 g/mol. The molecular formula is C19H13F2N5OS. The molecule has 0 saturated carbocycles. The number of hydrogen-bond donors (Lipinski definition) is 1. The van der Waals surface area contributed by atoms with Gasteiger partial charge in [-0.15, -0.1) is 10.2 Å². The van der Waals surface area contributed by atoms with E-state index in [1.165, 1.54) is 17.8 Å². The second-order valence-electron chi connectivity index (χ2n) is 5.79. The molecule has 0 aliphatic heterocycles. The van der Waals surface area contributed by atoms with Crippen molar-refractivity contribution in [2.45, 2.75) is 5.03 Å². The van der Waals surface area contributed by atoms with Crippen molar-refractivity contribution >= 4 is 29.0 Å². The van der Waals surface area contributed by atoms with Gasteiger partial charge in [-0.05, 0) is 24.3 Å². The van der Waals surface area contributed by atoms with Crippen molar-refractivity contribution in [1.82, 2.24) is 19.8 Å². The second kappa shape index (κ2) is 7.73. The maximum Gasteiger partial charge on any atom is 0.234 e. The fourth-order valence-electron chi connectivity index (χ4n) is 2.53. The smallest absolute Gasteiger partial charge is 0.234 e. The van der Waals surface area contributed by atoms with E-state index in [1.54, 1.807) is 16.6 Å². The summed E-state index contributed by atoms with van der Waals surface area (Å²) >= 11 is 1.18. The minimum atomic E-state index is -0.824. The van der Waals surface area contributed by atoms with Gasteiger partial charge in [0.25, 0.3) is 0 Å². The van der Waals surface area contributed by atoms with E-state index in [9.17, 15) is 13.6 Å². The third-order valence-electron chi connectivity index (χ3n) is 3.83. The minimum Gasteiger partial charge on any atom is -0.323 e. The maximum atomic E-state index is 13.6. The molecule has 2 aromatic heterocycles. The number of thioether (sulfide) groups is 1. The zero-order valence-electron chi connectivity index (χ0n) is 14.3. The highest BCUT2D eigenvalue weighted by Gasteiger charge is 2.12. The van der Waals surface area contributed by atoms with Crippen LogP contribution in [0.1, 0.15) is 0 Å². The highest BCUT2D eigenvalue weighted by Crippen LogP contribution is 2.21. The quantitative estimate of drug-likeness (QED) is 0.519. The molecule has 0 unspecified atom stereocenters. The van der Waals surface area contributed by atoms with Crippen LogP contribution in [0.4, 0.5) is 14.5 Å². The van der Waals surface area contributed by atoms with Gasteiger partial charge in [-0.3, -0.25) is 4.79 Å². The van der Waals surface area contributed by atoms with Crippen molar-refractivity contribution in [2.24, 2.45) is 0 Å². The molecule has 0 saturated heterocycles. The Bertz CT molecular complexity index is 1150. The lowest BCUT2D eigenvalue weighted by molar-refractivity contribution is -0.113. The molecule has 0 aliphatic carbocycles. The van der Waals surface area contributed by atoms with Gasteiger partial charge < -0.3 is 5.32 Å². The van der Waals surface area contributed by atoms with Gasteiger partial charge in [0.15, 0.2) is 11.5 Å². The number of amides is 1. The first-order valence-corrected chi connectivity index (χ1v) is 9.24. The molecule has 28 heavy (non-hydrogen) atoms. The highest BCUT2D eigenvalue weighted by atomic mass is 32.2. The number of carbonyl (C=O) groups is 1. The number of anilines is 1. The normalized spacial score (nSPS) is 10.9. The van der Waals surface area contributed by atoms with Gasteiger partial charge in [0.1, 0.15) is 16.7 Å². The van der Waals surface area contributed by atoms with Crippen LogP contribution in [0.3, 0.4) is 0 Å². The van der Waals surface area contributed by atoms with Gasteiger partial charge in [0.05, 0.1) is 11.4 Å². The van der Waals surface area contributed by atoms with E-state index in [1.807, 2.05) is 30.3 Å². The summed E-state index contributed by atoms with van der Waals surface area (Å²) in [5, 5.41) is 15.7. The molecule has 4 rings (SSSR count). The van der Waals surface area contributed by atoms with Crippen LogP contribution in [0.2, 0.25) is 0 Å². The summed E-state index contributed by atoms with van der Waals surface area (Å²) in [6.45, 7) is 0. The van der Waals surface area contributed by atoms with Crippen LogP contribution >= 0.6 is 11.8 Å². The van der Waals surface area contributed by atoms with Crippen LogP contribution in [0, 0.1) is 11.6 Å². The molecule has 1 N–H and O–H groups in total. The summed E-state index contributed by atoms with van der Waals surface area (Å²) in [5.41, 5.74) is 1.39. The first-order valence-electron chi connectivity index (χ1n) is 8.26. The molecule has 1 amide bonds. The number of rotatable bonds is 5. The van der Waals surface area contributed by atoms with Gasteiger partial charge >= 0.3 is 0 Å². The monoisotopic (exact) mass is 397 g/mol. The fraction of sp³-hybridized carbons (Fsp3) is 0.0526. The molecule has 0 radical (unpaired) electrons. The minimum absolute atomic E-state index is 0.0120. The van der Waals surface area contributed by atoms with Crippen molar-refractivity contribution < 1.29 is 13.6 Å². The maximum absolute atomic E-state index is 13.6. The number of carbonyl (C=O) groups excluding carboxylic acids is 1. The summed E-state index contributed by atoms with van der Waals surface area (Å²) < 4.78 is 28.2. The summed E-state index contributed by atoms with van der Waals surface area (Å²) in [7, 11) is 0. The van der Waals surface area contributed by atoms with E-state index in [2.05, 4.69) is 20.6 Å². The van der Waals surface area contributed by atoms with E-state index in [4.69, 9.17) is 0 Å². The molecule has 4 aromatic rings. The van der Waals surface area contributed by atoms with E-state index in [0.29, 0.717) is 16.5 Å². The number of nitrogens with zero attached hydrogens (tertiary/aromatic N) is 4. The Balaban J connectivity index is 1.48. The van der Waals surface area contributed by atoms with Gasteiger partial charge in [0.2, 0.25) is 5.91 Å². The van der Waals surface area contributed by atoms with Crippen molar-refractivity contribution in [2.75, 3.05) is 11.1 Å². The Labute approximate surface area is 162 Å². The Morgan fingerprint density at radius 2 is 1.86 bits per heavy atom. The molecule has 140 valence electrons. The highest BCUT2D eigenvalue weighted by molar-refractivity contribution is 7.99. The van der Waals surface area contributed by atoms with E-state index in [-0.39, 0.29) is 11.4 Å². The van der Waals surface area contributed by atoms with Crippen LogP contribution in [0.5, 0.6) is 0 Å². The summed E-state index contributed by atoms with van der Waals surface area (Å²) in [4.78, 5) is 12.1. The average molecular weight is 397 g/mol. The third-order valence-corrected chi connectivity index (χ3v) is 4.75. The van der Waals surface area contributed by atoms with Gasteiger partial charge in [0, 0.05) is 11.6 Å². The molecule has 6 nitrogen and oxygen atoms in total. The lowest BCUT2D eigenvalue weighted by atomic mass is 10.2. The van der Waals surface area contributed by atoms with Crippen molar-refractivity contribution in [3.63, 3.8) is 0 Å². The molecule has 0 aliphatic rings. The average Bonchev–Trinajstić information content (AvgIpc) is 3.12. The Morgan fingerprint density at radius 3 is 2.64 bits per heavy atom. The zero-order valence-corrected chi connectivity index (χ0v) is 15.2. The standard InChI is InChI=1S/C19H13F2N5OS/c20-13-6-7-15(14(21)10-13)22-17(27)11-28-18-9-8-16-23-24-19(26(16)25-18)12-4-2-1-3-5-12/h1-10H,11H2,(H,22,27). The van der Waals surface area contributed by atoms with Crippen LogP contribution in [0.15, 0.2) is 65.7 Å². The van der Waals surface area contributed by atoms with Crippen LogP contribution in [0.25, 0.3) is 17.0 Å². The Kier molecular flexibility index (Phi) is 4.98. The summed E-state index contributed by atoms with van der Waals surface area (Å²) in [6, 6.07) is 16.0. The molecule has 0 bridgehead atoms. The summed E-state index contributed by atoms with van der Waals surface area (Å²) in [5.74, 6) is -1.35. The van der Waals surface area contributed by atoms with Gasteiger partial charge in [-0.1, -0.05) is 42.1 Å². The van der Waals surface area contributed by atoms with E-state index >= 15 is 0 Å². The first kappa shape index (κ1) is 18.1. The predicted molar refractivity (Wildman–Crippen MR) is 102 cm³/mol. The van der Waals surface area contributed by atoms with Crippen molar-refractivity contribution in [3.8, 4) is 11.4 Å². The number of hydrogen-bond acceptors (Lipinski definition) is 5. The molecule has 0 fully saturated rings. The van der Waals surface area contributed by atoms with E-state index < -0.39 is 17.5 Å². The molecule has 2 heterocycles. The van der Waals surface area contributed by atoms with Crippen LogP contribution < -0.4 is 5.32 Å². The topological polar surface area (TPSA) is 72.2 Å². The molecule has 9 heteroatoms. The van der Waals surface area contributed by atoms with Crippen molar-refractivity contribution in [3.05, 3.63) is 72.3 Å². The Hall–Kier alpha value is -3.33. The largest absolute Gasteiger partial charge is 0.323 e. The fourth-order valence-corrected chi connectivity index (χ4v) is 3.19. The van der Waals surface area contributed by atoms with Crippen LogP contribution in [-0.4, -0.2) is 31.5 Å². The SMILES string of the molecule is O=C(CSc1ccc2nnc(-c3ccccc3)n2n1)Nc1ccc(F)cc1F. The number of benzene rings is 2. The van der Waals surface area contributed by atoms with Gasteiger partial charge in [-0.25, -0.2) is 8.78 Å². The van der Waals surface area contributed by atoms with Crippen molar-refractivity contribution in [1.29, 1.82) is 0 Å². The van der Waals surface area contributed by atoms with E-state index in [0.717, 1.165) is 17.7 Å². The zero-order chi connectivity index (χ0) is 19.5. The predicted octanol–water partition coefficient (Wildman–Crippen LogP) is 3.80. The Morgan fingerprint density at radius 1 is 1.04 bits per heavy atom. The molecule has 0 atom stereocenters. The first-order chi connectivity index (χ1) is 13.6. The molecule has 0 spiro atoms. The second-order valence-corrected chi connectivity index (χ2v) is 6.79. The molecule has 2 aromatic carbocycles. The van der Waals surface area contributed by atoms with Crippen LogP contribution in [-0.2, 0) is 4.79 Å². The van der Waals surface area contributed by atoms with Gasteiger partial charge in [-0.2, -0.15) is 9.61 Å². The lowest BCUT2D eigenvalue weighted by Crippen LogP contribution is -2.15. The number of halogens is 2. The lowest BCUT2D eigenvalue weighted by Gasteiger charge is -2.06. The number of nitrogens with one attached hydrogen (secondary N) is 1. The summed E-state index contributed by atoms with van der Waals surface area (Å²) in [6.07, 6.45) is 0. The number of fused-ring (bicyclic) bond motifs is 1.